The Morgan fingerprint density at radius 2 is 1.92 bits per heavy atom. The molecule has 1 unspecified atom stereocenters. The van der Waals surface area contributed by atoms with E-state index in [2.05, 4.69) is 47.6 Å². The molecular formula is C21H27N3O. The zero-order valence-electron chi connectivity index (χ0n) is 15.1. The molecule has 4 nitrogen and oxygen atoms in total. The van der Waals surface area contributed by atoms with E-state index in [1.165, 1.54) is 36.0 Å². The Morgan fingerprint density at radius 3 is 2.68 bits per heavy atom. The van der Waals surface area contributed by atoms with Crippen LogP contribution in [-0.2, 0) is 19.3 Å². The van der Waals surface area contributed by atoms with Crippen LogP contribution in [0.1, 0.15) is 30.0 Å². The van der Waals surface area contributed by atoms with Crippen molar-refractivity contribution in [3.63, 3.8) is 0 Å². The highest BCUT2D eigenvalue weighted by Gasteiger charge is 2.11. The second-order valence-electron chi connectivity index (χ2n) is 6.85. The minimum Gasteiger partial charge on any atom is -0.497 e. The molecule has 0 saturated carbocycles. The number of rotatable bonds is 6. The molecule has 0 aliphatic heterocycles. The van der Waals surface area contributed by atoms with Gasteiger partial charge >= 0.3 is 0 Å². The molecule has 1 aliphatic rings. The van der Waals surface area contributed by atoms with E-state index < -0.39 is 0 Å². The number of ether oxygens (including phenoxy) is 1. The Labute approximate surface area is 150 Å². The summed E-state index contributed by atoms with van der Waals surface area (Å²) in [6.07, 6.45) is 4.59. The van der Waals surface area contributed by atoms with E-state index in [4.69, 9.17) is 10.5 Å². The minimum absolute atomic E-state index is 0.425. The first-order valence-electron chi connectivity index (χ1n) is 8.95. The van der Waals surface area contributed by atoms with Crippen LogP contribution in [-0.4, -0.2) is 19.6 Å². The van der Waals surface area contributed by atoms with Gasteiger partial charge in [0.2, 0.25) is 0 Å². The maximum atomic E-state index is 6.05. The van der Waals surface area contributed by atoms with Gasteiger partial charge in [-0.2, -0.15) is 0 Å². The number of nitrogens with one attached hydrogen (secondary N) is 1. The number of fused-ring (bicyclic) bond motifs is 1. The first-order valence-corrected chi connectivity index (χ1v) is 8.95. The van der Waals surface area contributed by atoms with Crippen molar-refractivity contribution in [3.05, 3.63) is 59.2 Å². The highest BCUT2D eigenvalue weighted by molar-refractivity contribution is 5.92. The van der Waals surface area contributed by atoms with Gasteiger partial charge in [0.25, 0.3) is 0 Å². The summed E-state index contributed by atoms with van der Waals surface area (Å²) in [5, 5.41) is 3.22. The van der Waals surface area contributed by atoms with E-state index in [9.17, 15) is 0 Å². The SMILES string of the molecule is COc1ccc(CC(C)CN=C(N)Nc2ccc3c(c2)CCC3)cc1. The number of aliphatic imine (C=N–C) groups is 1. The number of methoxy groups -OCH3 is 1. The summed E-state index contributed by atoms with van der Waals surface area (Å²) in [6.45, 7) is 2.90. The van der Waals surface area contributed by atoms with Crippen molar-refractivity contribution in [2.45, 2.75) is 32.6 Å². The van der Waals surface area contributed by atoms with Gasteiger partial charge in [-0.25, -0.2) is 0 Å². The van der Waals surface area contributed by atoms with E-state index in [1.807, 2.05) is 12.1 Å². The molecule has 2 aromatic rings. The number of benzene rings is 2. The second-order valence-corrected chi connectivity index (χ2v) is 6.85. The van der Waals surface area contributed by atoms with Crippen molar-refractivity contribution in [1.29, 1.82) is 0 Å². The average molecular weight is 337 g/mol. The lowest BCUT2D eigenvalue weighted by molar-refractivity contribution is 0.414. The van der Waals surface area contributed by atoms with Crippen molar-refractivity contribution >= 4 is 11.6 Å². The number of nitrogens with zero attached hydrogens (tertiary/aromatic N) is 1. The van der Waals surface area contributed by atoms with E-state index in [1.54, 1.807) is 7.11 Å². The van der Waals surface area contributed by atoms with Crippen LogP contribution in [0.2, 0.25) is 0 Å². The topological polar surface area (TPSA) is 59.6 Å². The Hall–Kier alpha value is -2.49. The molecule has 0 amide bonds. The van der Waals surface area contributed by atoms with Crippen LogP contribution >= 0.6 is 0 Å². The number of guanidine groups is 1. The summed E-state index contributed by atoms with van der Waals surface area (Å²) in [6, 6.07) is 14.7. The van der Waals surface area contributed by atoms with Crippen LogP contribution < -0.4 is 15.8 Å². The summed E-state index contributed by atoms with van der Waals surface area (Å²) >= 11 is 0. The van der Waals surface area contributed by atoms with Gasteiger partial charge in [0.1, 0.15) is 5.75 Å². The standard InChI is InChI=1S/C21H27N3O/c1-15(12-16-6-10-20(25-2)11-7-16)14-23-21(22)24-19-9-8-17-4-3-5-18(17)13-19/h6-11,13,15H,3-5,12,14H2,1-2H3,(H3,22,23,24). The molecule has 0 spiro atoms. The fraction of sp³-hybridized carbons (Fsp3) is 0.381. The molecule has 0 fully saturated rings. The van der Waals surface area contributed by atoms with Crippen LogP contribution in [0.3, 0.4) is 0 Å². The van der Waals surface area contributed by atoms with Gasteiger partial charge in [0.05, 0.1) is 7.11 Å². The predicted octanol–water partition coefficient (Wildman–Crippen LogP) is 3.79. The smallest absolute Gasteiger partial charge is 0.193 e. The minimum atomic E-state index is 0.425. The fourth-order valence-corrected chi connectivity index (χ4v) is 3.32. The third kappa shape index (κ3) is 4.75. The highest BCUT2D eigenvalue weighted by atomic mass is 16.5. The van der Waals surface area contributed by atoms with Crippen molar-refractivity contribution in [2.24, 2.45) is 16.6 Å². The Balaban J connectivity index is 1.51. The molecule has 25 heavy (non-hydrogen) atoms. The van der Waals surface area contributed by atoms with Crippen LogP contribution in [0.4, 0.5) is 5.69 Å². The maximum Gasteiger partial charge on any atom is 0.193 e. The van der Waals surface area contributed by atoms with Gasteiger partial charge in [-0.05, 0) is 72.6 Å². The Kier molecular flexibility index (Phi) is 5.59. The van der Waals surface area contributed by atoms with E-state index >= 15 is 0 Å². The number of nitrogens with two attached hydrogens (primary N) is 1. The van der Waals surface area contributed by atoms with Gasteiger partial charge in [-0.1, -0.05) is 25.1 Å². The number of hydrogen-bond donors (Lipinski definition) is 2. The van der Waals surface area contributed by atoms with Gasteiger partial charge in [0, 0.05) is 12.2 Å². The third-order valence-corrected chi connectivity index (χ3v) is 4.69. The summed E-state index contributed by atoms with van der Waals surface area (Å²) in [4.78, 5) is 4.50. The molecule has 1 atom stereocenters. The van der Waals surface area contributed by atoms with E-state index in [0.717, 1.165) is 17.9 Å². The monoisotopic (exact) mass is 337 g/mol. The van der Waals surface area contributed by atoms with Crippen molar-refractivity contribution < 1.29 is 4.74 Å². The molecule has 0 heterocycles. The van der Waals surface area contributed by atoms with Crippen LogP contribution in [0.25, 0.3) is 0 Å². The van der Waals surface area contributed by atoms with Crippen molar-refractivity contribution in [3.8, 4) is 5.75 Å². The first kappa shape index (κ1) is 17.3. The number of hydrogen-bond acceptors (Lipinski definition) is 2. The summed E-state index contributed by atoms with van der Waals surface area (Å²) < 4.78 is 5.19. The normalized spacial score (nSPS) is 14.9. The molecule has 0 bridgehead atoms. The molecule has 132 valence electrons. The summed E-state index contributed by atoms with van der Waals surface area (Å²) in [7, 11) is 1.68. The second kappa shape index (κ2) is 8.06. The quantitative estimate of drug-likeness (QED) is 0.623. The average Bonchev–Trinajstić information content (AvgIpc) is 3.08. The third-order valence-electron chi connectivity index (χ3n) is 4.69. The fourth-order valence-electron chi connectivity index (χ4n) is 3.32. The molecule has 1 aliphatic carbocycles. The molecule has 0 saturated heterocycles. The van der Waals surface area contributed by atoms with Crippen molar-refractivity contribution in [2.75, 3.05) is 19.0 Å². The maximum absolute atomic E-state index is 6.05. The lowest BCUT2D eigenvalue weighted by Gasteiger charge is -2.11. The van der Waals surface area contributed by atoms with Crippen molar-refractivity contribution in [1.82, 2.24) is 0 Å². The summed E-state index contributed by atoms with van der Waals surface area (Å²) in [5.41, 5.74) is 11.3. The zero-order valence-corrected chi connectivity index (χ0v) is 15.1. The molecule has 2 aromatic carbocycles. The molecule has 0 radical (unpaired) electrons. The lowest BCUT2D eigenvalue weighted by Crippen LogP contribution is -2.24. The molecule has 4 heteroatoms. The van der Waals surface area contributed by atoms with Gasteiger partial charge in [-0.3, -0.25) is 4.99 Å². The largest absolute Gasteiger partial charge is 0.497 e. The first-order chi connectivity index (χ1) is 12.1. The molecular weight excluding hydrogens is 310 g/mol. The molecule has 0 aromatic heterocycles. The zero-order chi connectivity index (χ0) is 17.6. The van der Waals surface area contributed by atoms with E-state index in [0.29, 0.717) is 18.4 Å². The molecule has 3 N–H and O–H groups in total. The highest BCUT2D eigenvalue weighted by Crippen LogP contribution is 2.24. The Bertz CT molecular complexity index is 737. The number of aryl methyl sites for hydroxylation is 2. The molecule has 3 rings (SSSR count). The Morgan fingerprint density at radius 1 is 1.16 bits per heavy atom. The summed E-state index contributed by atoms with van der Waals surface area (Å²) in [5.74, 6) is 1.80. The predicted molar refractivity (Wildman–Crippen MR) is 104 cm³/mol. The van der Waals surface area contributed by atoms with E-state index in [-0.39, 0.29) is 0 Å². The van der Waals surface area contributed by atoms with Crippen LogP contribution in [0.5, 0.6) is 5.75 Å². The van der Waals surface area contributed by atoms with Crippen LogP contribution in [0.15, 0.2) is 47.5 Å². The lowest BCUT2D eigenvalue weighted by atomic mass is 10.0. The van der Waals surface area contributed by atoms with Gasteiger partial charge in [-0.15, -0.1) is 0 Å². The van der Waals surface area contributed by atoms with Gasteiger partial charge in [0.15, 0.2) is 5.96 Å². The van der Waals surface area contributed by atoms with Crippen LogP contribution in [0, 0.1) is 5.92 Å². The number of anilines is 1. The van der Waals surface area contributed by atoms with Gasteiger partial charge < -0.3 is 15.8 Å².